The zero-order chi connectivity index (χ0) is 19.2. The molecule has 0 aliphatic carbocycles. The highest BCUT2D eigenvalue weighted by Gasteiger charge is 2.19. The topological polar surface area (TPSA) is 57.6 Å². The number of aromatic nitrogens is 1. The molecule has 0 amide bonds. The Hall–Kier alpha value is -3.08. The summed E-state index contributed by atoms with van der Waals surface area (Å²) in [5.74, 6) is 0.0153. The van der Waals surface area contributed by atoms with Gasteiger partial charge in [-0.2, -0.15) is 4.57 Å². The van der Waals surface area contributed by atoms with Crippen LogP contribution >= 0.6 is 0 Å². The highest BCUT2D eigenvalue weighted by Crippen LogP contribution is 2.17. The summed E-state index contributed by atoms with van der Waals surface area (Å²) in [5, 5.41) is 8.82. The summed E-state index contributed by atoms with van der Waals surface area (Å²) in [7, 11) is 4.04. The molecular formula is C22H25N2O3+. The Kier molecular flexibility index (Phi) is 5.91. The monoisotopic (exact) mass is 365 g/mol. The van der Waals surface area contributed by atoms with Crippen molar-refractivity contribution in [2.45, 2.75) is 25.8 Å². The van der Waals surface area contributed by atoms with Crippen molar-refractivity contribution >= 4 is 34.9 Å². The van der Waals surface area contributed by atoms with E-state index in [2.05, 4.69) is 33.7 Å². The number of aryl methyl sites for hydroxylation is 1. The van der Waals surface area contributed by atoms with Crippen LogP contribution in [-0.2, 0) is 11.3 Å². The Labute approximate surface area is 159 Å². The molecule has 1 N–H and O–H groups in total. The van der Waals surface area contributed by atoms with Gasteiger partial charge in [-0.05, 0) is 36.3 Å². The van der Waals surface area contributed by atoms with Crippen molar-refractivity contribution in [1.29, 1.82) is 0 Å². The number of carbonyl (C=O) groups is 1. The van der Waals surface area contributed by atoms with E-state index >= 15 is 0 Å². The first-order valence-electron chi connectivity index (χ1n) is 9.13. The van der Waals surface area contributed by atoms with Gasteiger partial charge in [0.25, 0.3) is 5.52 Å². The first-order valence-corrected chi connectivity index (χ1v) is 9.13. The van der Waals surface area contributed by atoms with Crippen LogP contribution in [0.3, 0.4) is 0 Å². The Morgan fingerprint density at radius 2 is 1.81 bits per heavy atom. The second kappa shape index (κ2) is 8.54. The number of aliphatic carboxylic acids is 1. The van der Waals surface area contributed by atoms with Crippen LogP contribution in [0.15, 0.2) is 52.9 Å². The minimum atomic E-state index is -0.752. The predicted molar refractivity (Wildman–Crippen MR) is 108 cm³/mol. The number of benzene rings is 2. The van der Waals surface area contributed by atoms with E-state index in [1.54, 1.807) is 0 Å². The second-order valence-corrected chi connectivity index (χ2v) is 6.73. The van der Waals surface area contributed by atoms with Gasteiger partial charge in [-0.15, -0.1) is 0 Å². The van der Waals surface area contributed by atoms with Crippen molar-refractivity contribution in [3.05, 3.63) is 60.0 Å². The summed E-state index contributed by atoms with van der Waals surface area (Å²) in [5.41, 5.74) is 4.11. The molecule has 0 unspecified atom stereocenters. The number of hydrogen-bond acceptors (Lipinski definition) is 3. The third kappa shape index (κ3) is 4.76. The number of nitrogens with zero attached hydrogens (tertiary/aromatic N) is 2. The lowest BCUT2D eigenvalue weighted by molar-refractivity contribution is -0.678. The van der Waals surface area contributed by atoms with Crippen LogP contribution in [0.2, 0.25) is 0 Å². The average Bonchev–Trinajstić information content (AvgIpc) is 3.01. The fourth-order valence-corrected chi connectivity index (χ4v) is 3.00. The molecular weight excluding hydrogens is 340 g/mol. The number of fused-ring (bicyclic) bond motifs is 1. The lowest BCUT2D eigenvalue weighted by atomic mass is 10.2. The van der Waals surface area contributed by atoms with E-state index in [1.165, 1.54) is 0 Å². The van der Waals surface area contributed by atoms with Crippen LogP contribution in [0, 0.1) is 0 Å². The van der Waals surface area contributed by atoms with E-state index in [1.807, 2.05) is 50.5 Å². The number of carboxylic acids is 1. The van der Waals surface area contributed by atoms with Crippen molar-refractivity contribution in [2.24, 2.45) is 0 Å². The van der Waals surface area contributed by atoms with Crippen LogP contribution in [0.25, 0.3) is 23.3 Å². The van der Waals surface area contributed by atoms with E-state index in [4.69, 9.17) is 9.52 Å². The lowest BCUT2D eigenvalue weighted by Crippen LogP contribution is -2.35. The minimum Gasteiger partial charge on any atom is -0.481 e. The highest BCUT2D eigenvalue weighted by molar-refractivity contribution is 5.72. The van der Waals surface area contributed by atoms with Crippen LogP contribution in [0.4, 0.5) is 5.69 Å². The standard InChI is InChI=1S/C22H24N2O3/c1-23(2)18-13-10-17(11-14-18)12-15-21-24(16-6-5-9-22(25)26)19-7-3-4-8-20(19)27-21/h3-4,7-8,10-15H,5-6,9,16H2,1-2H3/p+1. The molecule has 0 saturated heterocycles. The number of rotatable bonds is 8. The number of para-hydroxylation sites is 2. The van der Waals surface area contributed by atoms with Crippen LogP contribution < -0.4 is 9.47 Å². The van der Waals surface area contributed by atoms with Crippen molar-refractivity contribution in [3.8, 4) is 0 Å². The number of unbranched alkanes of at least 4 members (excludes halogenated alkanes) is 1. The number of anilines is 1. The molecule has 0 radical (unpaired) electrons. The number of hydrogen-bond donors (Lipinski definition) is 1. The fourth-order valence-electron chi connectivity index (χ4n) is 3.00. The van der Waals surface area contributed by atoms with Crippen LogP contribution in [-0.4, -0.2) is 25.2 Å². The largest absolute Gasteiger partial charge is 0.481 e. The summed E-state index contributed by atoms with van der Waals surface area (Å²) in [6.45, 7) is 0.726. The number of oxazole rings is 1. The van der Waals surface area contributed by atoms with Crippen molar-refractivity contribution in [2.75, 3.05) is 19.0 Å². The van der Waals surface area contributed by atoms with E-state index in [0.717, 1.165) is 41.2 Å². The van der Waals surface area contributed by atoms with Gasteiger partial charge in [-0.1, -0.05) is 24.3 Å². The molecule has 0 aliphatic rings. The van der Waals surface area contributed by atoms with E-state index < -0.39 is 5.97 Å². The molecule has 3 aromatic rings. The third-order valence-corrected chi connectivity index (χ3v) is 4.49. The Morgan fingerprint density at radius 3 is 2.52 bits per heavy atom. The van der Waals surface area contributed by atoms with Gasteiger partial charge in [-0.25, -0.2) is 0 Å². The summed E-state index contributed by atoms with van der Waals surface area (Å²) >= 11 is 0. The fraction of sp³-hybridized carbons (Fsp3) is 0.273. The normalized spacial score (nSPS) is 11.3. The van der Waals surface area contributed by atoms with Gasteiger partial charge in [0, 0.05) is 38.7 Å². The van der Waals surface area contributed by atoms with Crippen molar-refractivity contribution in [3.63, 3.8) is 0 Å². The molecule has 0 atom stereocenters. The minimum absolute atomic E-state index is 0.194. The first kappa shape index (κ1) is 18.7. The van der Waals surface area contributed by atoms with E-state index in [-0.39, 0.29) is 6.42 Å². The molecule has 27 heavy (non-hydrogen) atoms. The van der Waals surface area contributed by atoms with Gasteiger partial charge in [-0.3, -0.25) is 4.79 Å². The Morgan fingerprint density at radius 1 is 1.07 bits per heavy atom. The van der Waals surface area contributed by atoms with E-state index in [0.29, 0.717) is 6.42 Å². The quantitative estimate of drug-likeness (QED) is 0.480. The second-order valence-electron chi connectivity index (χ2n) is 6.73. The molecule has 0 bridgehead atoms. The molecule has 2 aromatic carbocycles. The zero-order valence-electron chi connectivity index (χ0n) is 15.8. The van der Waals surface area contributed by atoms with Gasteiger partial charge in [0.2, 0.25) is 5.58 Å². The maximum absolute atomic E-state index is 10.7. The van der Waals surface area contributed by atoms with Gasteiger partial charge in [0.15, 0.2) is 6.54 Å². The molecule has 5 nitrogen and oxygen atoms in total. The highest BCUT2D eigenvalue weighted by atomic mass is 16.4. The number of carboxylic acid groups (broad SMARTS) is 1. The molecule has 0 fully saturated rings. The summed E-state index contributed by atoms with van der Waals surface area (Å²) < 4.78 is 8.13. The van der Waals surface area contributed by atoms with Crippen molar-refractivity contribution in [1.82, 2.24) is 0 Å². The predicted octanol–water partition coefficient (Wildman–Crippen LogP) is 4.21. The smallest absolute Gasteiger partial charge is 0.374 e. The van der Waals surface area contributed by atoms with Gasteiger partial charge in [0.1, 0.15) is 0 Å². The Balaban J connectivity index is 1.82. The third-order valence-electron chi connectivity index (χ3n) is 4.49. The molecule has 0 aliphatic heterocycles. The Bertz CT molecular complexity index is 940. The first-order chi connectivity index (χ1) is 13.0. The van der Waals surface area contributed by atoms with Gasteiger partial charge >= 0.3 is 11.9 Å². The SMILES string of the molecule is CN(C)c1ccc(C=Cc2oc3ccccc3[n+]2CCCCC(=O)O)cc1. The maximum Gasteiger partial charge on any atom is 0.374 e. The molecule has 1 aromatic heterocycles. The van der Waals surface area contributed by atoms with Crippen LogP contribution in [0.5, 0.6) is 0 Å². The lowest BCUT2D eigenvalue weighted by Gasteiger charge is -2.11. The van der Waals surface area contributed by atoms with Crippen molar-refractivity contribution < 1.29 is 18.9 Å². The molecule has 5 heteroatoms. The summed E-state index contributed by atoms with van der Waals surface area (Å²) in [4.78, 5) is 12.8. The van der Waals surface area contributed by atoms with E-state index in [9.17, 15) is 4.79 Å². The van der Waals surface area contributed by atoms with Gasteiger partial charge < -0.3 is 14.4 Å². The molecule has 3 rings (SSSR count). The average molecular weight is 365 g/mol. The molecule has 0 saturated carbocycles. The summed E-state index contributed by atoms with van der Waals surface area (Å²) in [6.07, 6.45) is 5.64. The summed E-state index contributed by atoms with van der Waals surface area (Å²) in [6, 6.07) is 16.2. The zero-order valence-corrected chi connectivity index (χ0v) is 15.8. The molecule has 0 spiro atoms. The molecule has 140 valence electrons. The maximum atomic E-state index is 10.7. The molecule has 1 heterocycles. The van der Waals surface area contributed by atoms with Crippen LogP contribution in [0.1, 0.15) is 30.7 Å². The van der Waals surface area contributed by atoms with Gasteiger partial charge in [0.05, 0.1) is 6.08 Å².